The fourth-order valence-corrected chi connectivity index (χ4v) is 5.48. The highest BCUT2D eigenvalue weighted by Gasteiger charge is 2.60. The molecule has 4 rings (SSSR count). The summed E-state index contributed by atoms with van der Waals surface area (Å²) in [6.45, 7) is 1.02. The van der Waals surface area contributed by atoms with Gasteiger partial charge in [-0.15, -0.1) is 0 Å². The van der Waals surface area contributed by atoms with Crippen molar-refractivity contribution in [3.63, 3.8) is 0 Å². The second kappa shape index (κ2) is 11.3. The summed E-state index contributed by atoms with van der Waals surface area (Å²) in [5.41, 5.74) is -14.0. The minimum absolute atomic E-state index is 0.134. The molecule has 0 saturated carbocycles. The molecule has 2 aromatic heterocycles. The molecule has 0 radical (unpaired) electrons. The molecule has 3 heterocycles. The van der Waals surface area contributed by atoms with E-state index in [0.717, 1.165) is 24.1 Å². The average molecular weight is 662 g/mol. The van der Waals surface area contributed by atoms with Gasteiger partial charge in [0.15, 0.2) is 23.2 Å². The summed E-state index contributed by atoms with van der Waals surface area (Å²) in [5.74, 6) is -2.31. The molecule has 0 spiro atoms. The van der Waals surface area contributed by atoms with Crippen LogP contribution in [0, 0.1) is 5.92 Å². The lowest BCUT2D eigenvalue weighted by atomic mass is 9.85. The Labute approximate surface area is 239 Å². The lowest BCUT2D eigenvalue weighted by Gasteiger charge is -2.31. The number of halogens is 6. The summed E-state index contributed by atoms with van der Waals surface area (Å²) in [6, 6.07) is 7.84. The number of ether oxygens (including phenoxy) is 1. The van der Waals surface area contributed by atoms with Crippen LogP contribution in [0.5, 0.6) is 0 Å². The Hall–Kier alpha value is -3.40. The van der Waals surface area contributed by atoms with Crippen molar-refractivity contribution in [2.24, 2.45) is 5.92 Å². The van der Waals surface area contributed by atoms with E-state index in [1.165, 1.54) is 19.1 Å². The third-order valence-corrected chi connectivity index (χ3v) is 8.76. The van der Waals surface area contributed by atoms with Crippen molar-refractivity contribution < 1.29 is 61.1 Å². The van der Waals surface area contributed by atoms with Gasteiger partial charge in [-0.05, 0) is 18.6 Å². The zero-order valence-electron chi connectivity index (χ0n) is 21.8. The Bertz CT molecular complexity index is 1720. The van der Waals surface area contributed by atoms with Crippen molar-refractivity contribution in [2.75, 3.05) is 11.9 Å². The average Bonchev–Trinajstić information content (AvgIpc) is 3.47. The molecule has 1 aliphatic heterocycles. The number of anilines is 1. The molecule has 1 aliphatic rings. The Kier molecular flexibility index (Phi) is 8.52. The third-order valence-electron chi connectivity index (χ3n) is 6.72. The van der Waals surface area contributed by atoms with Crippen LogP contribution in [0.1, 0.15) is 36.9 Å². The fourth-order valence-electron chi connectivity index (χ4n) is 4.32. The molecule has 0 aliphatic carbocycles. The third kappa shape index (κ3) is 6.16. The molecule has 0 bridgehead atoms. The maximum absolute atomic E-state index is 13.3. The number of hydrogen-bond acceptors (Lipinski definition) is 11. The van der Waals surface area contributed by atoms with Gasteiger partial charge in [-0.25, -0.2) is 15.0 Å². The van der Waals surface area contributed by atoms with E-state index in [4.69, 9.17) is 4.74 Å². The number of fused-ring (bicyclic) bond motifs is 1. The van der Waals surface area contributed by atoms with E-state index in [1.54, 1.807) is 18.2 Å². The molecule has 1 aromatic carbocycles. The monoisotopic (exact) mass is 661 g/mol. The minimum atomic E-state index is -6.31. The van der Waals surface area contributed by atoms with Crippen molar-refractivity contribution in [3.05, 3.63) is 48.5 Å². The molecular weight excluding hydrogens is 640 g/mol. The molecule has 0 unspecified atom stereocenters. The SMILES string of the molecule is CC[C@@]1(COS(=O)(=O)C(F)(F)F)O[C@@H](n2cnc3c(NC(=O)c4ccccc4)ncnc32)[C@@H](OS(=O)(=O)C(F)(F)F)[C@@H]1C. The highest BCUT2D eigenvalue weighted by molar-refractivity contribution is 7.87. The van der Waals surface area contributed by atoms with Gasteiger partial charge in [0.05, 0.1) is 12.9 Å². The molecule has 1 fully saturated rings. The van der Waals surface area contributed by atoms with Crippen LogP contribution in [0.4, 0.5) is 32.2 Å². The van der Waals surface area contributed by atoms with Crippen LogP contribution < -0.4 is 5.32 Å². The topological polar surface area (TPSA) is 169 Å². The highest BCUT2D eigenvalue weighted by Crippen LogP contribution is 2.48. The van der Waals surface area contributed by atoms with E-state index in [9.17, 15) is 48.0 Å². The number of amides is 1. The van der Waals surface area contributed by atoms with Crippen molar-refractivity contribution in [3.8, 4) is 0 Å². The number of alkyl halides is 6. The van der Waals surface area contributed by atoms with E-state index < -0.39 is 67.6 Å². The first kappa shape index (κ1) is 32.5. The zero-order chi connectivity index (χ0) is 32.0. The summed E-state index contributed by atoms with van der Waals surface area (Å²) < 4.78 is 141. The van der Waals surface area contributed by atoms with E-state index in [2.05, 4.69) is 28.6 Å². The Morgan fingerprint density at radius 2 is 1.65 bits per heavy atom. The lowest BCUT2D eigenvalue weighted by Crippen LogP contribution is -2.44. The van der Waals surface area contributed by atoms with Crippen LogP contribution in [0.3, 0.4) is 0 Å². The minimum Gasteiger partial charge on any atom is -0.346 e. The van der Waals surface area contributed by atoms with Gasteiger partial charge in [0, 0.05) is 11.5 Å². The standard InChI is InChI=1S/C22H21F6N5O8S2/c1-3-20(9-39-42(35,36)21(23,24)25)12(2)15(41-43(37,38)22(26,27)28)19(40-20)33-11-31-14-16(29-10-30-17(14)33)32-18(34)13-7-5-4-6-8-13/h4-8,10-12,15,19H,3,9H2,1-2H3,(H,29,30,32,34)/t12-,15-,19+,20-/m0/s1. The summed E-state index contributed by atoms with van der Waals surface area (Å²) in [7, 11) is -12.5. The van der Waals surface area contributed by atoms with Crippen molar-refractivity contribution in [2.45, 2.75) is 49.2 Å². The Morgan fingerprint density at radius 1 is 1.02 bits per heavy atom. The normalized spacial score (nSPS) is 23.5. The first-order valence-corrected chi connectivity index (χ1v) is 14.8. The maximum atomic E-state index is 13.3. The summed E-state index contributed by atoms with van der Waals surface area (Å²) >= 11 is 0. The van der Waals surface area contributed by atoms with Gasteiger partial charge in [0.25, 0.3) is 5.91 Å². The van der Waals surface area contributed by atoms with Crippen LogP contribution in [0.15, 0.2) is 43.0 Å². The van der Waals surface area contributed by atoms with E-state index >= 15 is 0 Å². The van der Waals surface area contributed by atoms with E-state index in [1.807, 2.05) is 0 Å². The number of carbonyl (C=O) groups is 1. The van der Waals surface area contributed by atoms with Gasteiger partial charge < -0.3 is 10.1 Å². The van der Waals surface area contributed by atoms with Crippen LogP contribution in [0.2, 0.25) is 0 Å². The summed E-state index contributed by atoms with van der Waals surface area (Å²) in [5, 5.41) is 2.49. The first-order chi connectivity index (χ1) is 19.8. The largest absolute Gasteiger partial charge is 0.523 e. The van der Waals surface area contributed by atoms with Crippen molar-refractivity contribution >= 4 is 43.1 Å². The molecule has 13 nitrogen and oxygen atoms in total. The van der Waals surface area contributed by atoms with Gasteiger partial charge in [-0.2, -0.15) is 43.2 Å². The molecular formula is C22H21F6N5O8S2. The number of imidazole rings is 1. The smallest absolute Gasteiger partial charge is 0.346 e. The van der Waals surface area contributed by atoms with Crippen LogP contribution >= 0.6 is 0 Å². The molecule has 1 saturated heterocycles. The van der Waals surface area contributed by atoms with E-state index in [-0.39, 0.29) is 29.0 Å². The predicted octanol–water partition coefficient (Wildman–Crippen LogP) is 3.49. The van der Waals surface area contributed by atoms with Gasteiger partial charge in [0.2, 0.25) is 0 Å². The summed E-state index contributed by atoms with van der Waals surface area (Å²) in [6.07, 6.45) is -2.50. The van der Waals surface area contributed by atoms with Crippen molar-refractivity contribution in [1.82, 2.24) is 19.5 Å². The Morgan fingerprint density at radius 3 is 2.23 bits per heavy atom. The number of rotatable bonds is 9. The molecule has 3 aromatic rings. The van der Waals surface area contributed by atoms with Gasteiger partial charge in [0.1, 0.15) is 18.0 Å². The number of carbonyl (C=O) groups excluding carboxylic acids is 1. The van der Waals surface area contributed by atoms with Gasteiger partial charge in [-0.3, -0.25) is 17.7 Å². The summed E-state index contributed by atoms with van der Waals surface area (Å²) in [4.78, 5) is 24.6. The molecule has 236 valence electrons. The molecule has 1 amide bonds. The molecule has 1 N–H and O–H groups in total. The fraction of sp³-hybridized carbons (Fsp3) is 0.455. The second-order valence-electron chi connectivity index (χ2n) is 9.20. The zero-order valence-corrected chi connectivity index (χ0v) is 23.5. The highest BCUT2D eigenvalue weighted by atomic mass is 32.2. The number of hydrogen-bond donors (Lipinski definition) is 1. The molecule has 4 atom stereocenters. The van der Waals surface area contributed by atoms with Crippen molar-refractivity contribution in [1.29, 1.82) is 0 Å². The maximum Gasteiger partial charge on any atom is 0.523 e. The van der Waals surface area contributed by atoms with Crippen LogP contribution in [-0.4, -0.2) is 71.6 Å². The van der Waals surface area contributed by atoms with Gasteiger partial charge >= 0.3 is 31.3 Å². The van der Waals surface area contributed by atoms with E-state index in [0.29, 0.717) is 0 Å². The lowest BCUT2D eigenvalue weighted by molar-refractivity contribution is -0.115. The molecule has 43 heavy (non-hydrogen) atoms. The van der Waals surface area contributed by atoms with Crippen LogP contribution in [0.25, 0.3) is 11.2 Å². The van der Waals surface area contributed by atoms with Gasteiger partial charge in [-0.1, -0.05) is 32.0 Å². The second-order valence-corrected chi connectivity index (χ2v) is 12.4. The number of nitrogens with zero attached hydrogens (tertiary/aromatic N) is 4. The Balaban J connectivity index is 1.77. The number of nitrogens with one attached hydrogen (secondary N) is 1. The quantitative estimate of drug-likeness (QED) is 0.202. The first-order valence-electron chi connectivity index (χ1n) is 12.0. The number of benzene rings is 1. The van der Waals surface area contributed by atoms with Crippen LogP contribution in [-0.2, 0) is 33.3 Å². The number of aromatic nitrogens is 4. The predicted molar refractivity (Wildman–Crippen MR) is 133 cm³/mol. The molecule has 21 heteroatoms.